The van der Waals surface area contributed by atoms with Crippen molar-refractivity contribution in [1.29, 1.82) is 0 Å². The van der Waals surface area contributed by atoms with E-state index in [9.17, 15) is 9.59 Å². The molecule has 0 N–H and O–H groups in total. The maximum atomic E-state index is 11.5. The van der Waals surface area contributed by atoms with Crippen LogP contribution >= 0.6 is 0 Å². The lowest BCUT2D eigenvalue weighted by Crippen LogP contribution is -2.10. The highest BCUT2D eigenvalue weighted by atomic mass is 16.5. The Bertz CT molecular complexity index is 840. The van der Waals surface area contributed by atoms with Crippen molar-refractivity contribution >= 4 is 11.9 Å². The quantitative estimate of drug-likeness (QED) is 0.311. The Morgan fingerprint density at radius 3 is 1.50 bits per heavy atom. The first-order valence-corrected chi connectivity index (χ1v) is 9.44. The molecule has 6 heteroatoms. The fraction of sp³-hybridized carbons (Fsp3) is 0.250. The molecule has 0 aliphatic carbocycles. The second kappa shape index (κ2) is 11.5. The van der Waals surface area contributed by atoms with Crippen molar-refractivity contribution in [3.05, 3.63) is 84.0 Å². The molecule has 0 amide bonds. The monoisotopic (exact) mass is 410 g/mol. The summed E-state index contributed by atoms with van der Waals surface area (Å²) in [6.45, 7) is 11.3. The zero-order valence-corrected chi connectivity index (χ0v) is 17.3. The number of carbonyl (C=O) groups excluding carboxylic acids is 2. The van der Waals surface area contributed by atoms with Crippen LogP contribution in [0.1, 0.15) is 25.0 Å². The predicted octanol–water partition coefficient (Wildman–Crippen LogP) is 4.38. The Balaban J connectivity index is 1.77. The molecular formula is C24H26O6. The number of ether oxygens (including phenoxy) is 4. The second-order valence-corrected chi connectivity index (χ2v) is 6.70. The predicted molar refractivity (Wildman–Crippen MR) is 113 cm³/mol. The van der Waals surface area contributed by atoms with E-state index in [2.05, 4.69) is 13.2 Å². The van der Waals surface area contributed by atoms with Crippen LogP contribution in [0.25, 0.3) is 0 Å². The molecule has 0 aliphatic rings. The van der Waals surface area contributed by atoms with Crippen molar-refractivity contribution in [2.75, 3.05) is 13.2 Å². The highest BCUT2D eigenvalue weighted by molar-refractivity contribution is 5.87. The Labute approximate surface area is 176 Å². The van der Waals surface area contributed by atoms with Crippen LogP contribution in [-0.2, 0) is 32.3 Å². The van der Waals surface area contributed by atoms with E-state index >= 15 is 0 Å². The van der Waals surface area contributed by atoms with Crippen molar-refractivity contribution in [3.8, 4) is 11.5 Å². The fourth-order valence-electron chi connectivity index (χ4n) is 2.31. The lowest BCUT2D eigenvalue weighted by Gasteiger charge is -2.11. The SMILES string of the molecule is C=C(C)C(=O)OCc1cccc(OCCOc2cccc(COC(=O)C(=C)C)c2)c1. The summed E-state index contributed by atoms with van der Waals surface area (Å²) in [5.41, 5.74) is 2.36. The number of carbonyl (C=O) groups is 2. The molecule has 0 atom stereocenters. The first-order valence-electron chi connectivity index (χ1n) is 9.44. The molecule has 0 saturated heterocycles. The van der Waals surface area contributed by atoms with Gasteiger partial charge in [0.15, 0.2) is 0 Å². The van der Waals surface area contributed by atoms with Gasteiger partial charge in [-0.25, -0.2) is 9.59 Å². The summed E-state index contributed by atoms with van der Waals surface area (Å²) < 4.78 is 21.7. The number of hydrogen-bond donors (Lipinski definition) is 0. The summed E-state index contributed by atoms with van der Waals surface area (Å²) in [6, 6.07) is 14.6. The molecule has 0 bridgehead atoms. The molecular weight excluding hydrogens is 384 g/mol. The summed E-state index contributed by atoms with van der Waals surface area (Å²) in [6.07, 6.45) is 0. The van der Waals surface area contributed by atoms with Crippen LogP contribution in [0.15, 0.2) is 72.8 Å². The Hall–Kier alpha value is -3.54. The van der Waals surface area contributed by atoms with Crippen LogP contribution in [0.5, 0.6) is 11.5 Å². The minimum Gasteiger partial charge on any atom is -0.490 e. The third-order valence-electron chi connectivity index (χ3n) is 3.85. The minimum atomic E-state index is -0.425. The highest BCUT2D eigenvalue weighted by Crippen LogP contribution is 2.16. The van der Waals surface area contributed by atoms with E-state index in [-0.39, 0.29) is 13.2 Å². The summed E-state index contributed by atoms with van der Waals surface area (Å²) in [5.74, 6) is 0.462. The van der Waals surface area contributed by atoms with E-state index in [0.717, 1.165) is 11.1 Å². The molecule has 0 saturated carbocycles. The van der Waals surface area contributed by atoms with Crippen molar-refractivity contribution in [2.24, 2.45) is 0 Å². The molecule has 0 heterocycles. The van der Waals surface area contributed by atoms with Gasteiger partial charge >= 0.3 is 11.9 Å². The lowest BCUT2D eigenvalue weighted by atomic mass is 10.2. The van der Waals surface area contributed by atoms with Gasteiger partial charge in [-0.1, -0.05) is 37.4 Å². The average Bonchev–Trinajstić information content (AvgIpc) is 2.73. The van der Waals surface area contributed by atoms with Crippen LogP contribution in [0.4, 0.5) is 0 Å². The van der Waals surface area contributed by atoms with E-state index in [1.807, 2.05) is 48.5 Å². The Morgan fingerprint density at radius 2 is 1.13 bits per heavy atom. The molecule has 158 valence electrons. The summed E-state index contributed by atoms with van der Waals surface area (Å²) in [7, 11) is 0. The van der Waals surface area contributed by atoms with E-state index in [4.69, 9.17) is 18.9 Å². The van der Waals surface area contributed by atoms with E-state index in [1.165, 1.54) is 0 Å². The Morgan fingerprint density at radius 1 is 0.733 bits per heavy atom. The standard InChI is InChI=1S/C24H26O6/c1-17(2)23(25)29-15-19-7-5-9-21(13-19)27-11-12-28-22-10-6-8-20(14-22)16-30-24(26)18(3)4/h5-10,13-14H,1,3,11-12,15-16H2,2,4H3. The van der Waals surface area contributed by atoms with Crippen LogP contribution in [0.3, 0.4) is 0 Å². The third kappa shape index (κ3) is 7.83. The molecule has 0 spiro atoms. The fourth-order valence-corrected chi connectivity index (χ4v) is 2.31. The molecule has 0 aliphatic heterocycles. The van der Waals surface area contributed by atoms with Crippen LogP contribution in [0.2, 0.25) is 0 Å². The van der Waals surface area contributed by atoms with Gasteiger partial charge in [-0.15, -0.1) is 0 Å². The number of hydrogen-bond acceptors (Lipinski definition) is 6. The normalized spacial score (nSPS) is 10.1. The molecule has 0 radical (unpaired) electrons. The van der Waals surface area contributed by atoms with Gasteiger partial charge in [0, 0.05) is 11.1 Å². The topological polar surface area (TPSA) is 71.1 Å². The van der Waals surface area contributed by atoms with Gasteiger partial charge in [0.1, 0.15) is 37.9 Å². The van der Waals surface area contributed by atoms with Gasteiger partial charge in [-0.3, -0.25) is 0 Å². The van der Waals surface area contributed by atoms with Gasteiger partial charge in [0.25, 0.3) is 0 Å². The second-order valence-electron chi connectivity index (χ2n) is 6.70. The van der Waals surface area contributed by atoms with Gasteiger partial charge in [-0.2, -0.15) is 0 Å². The lowest BCUT2D eigenvalue weighted by molar-refractivity contribution is -0.141. The van der Waals surface area contributed by atoms with Crippen LogP contribution < -0.4 is 9.47 Å². The summed E-state index contributed by atoms with van der Waals surface area (Å²) >= 11 is 0. The molecule has 2 rings (SSSR count). The van der Waals surface area contributed by atoms with Crippen molar-refractivity contribution in [3.63, 3.8) is 0 Å². The van der Waals surface area contributed by atoms with Crippen LogP contribution in [-0.4, -0.2) is 25.2 Å². The van der Waals surface area contributed by atoms with Crippen molar-refractivity contribution < 1.29 is 28.5 Å². The summed E-state index contributed by atoms with van der Waals surface area (Å²) in [5, 5.41) is 0. The molecule has 2 aromatic rings. The first-order chi connectivity index (χ1) is 14.3. The maximum Gasteiger partial charge on any atom is 0.333 e. The maximum absolute atomic E-state index is 11.5. The average molecular weight is 410 g/mol. The number of rotatable bonds is 11. The first kappa shape index (κ1) is 22.7. The smallest absolute Gasteiger partial charge is 0.333 e. The van der Waals surface area contributed by atoms with Crippen LogP contribution in [0, 0.1) is 0 Å². The Kier molecular flexibility index (Phi) is 8.69. The molecule has 0 aromatic heterocycles. The molecule has 0 unspecified atom stereocenters. The largest absolute Gasteiger partial charge is 0.490 e. The van der Waals surface area contributed by atoms with E-state index in [0.29, 0.717) is 35.9 Å². The highest BCUT2D eigenvalue weighted by Gasteiger charge is 2.06. The van der Waals surface area contributed by atoms with Gasteiger partial charge in [0.05, 0.1) is 0 Å². The molecule has 6 nitrogen and oxygen atoms in total. The van der Waals surface area contributed by atoms with Crippen molar-refractivity contribution in [2.45, 2.75) is 27.1 Å². The van der Waals surface area contributed by atoms with Crippen molar-refractivity contribution in [1.82, 2.24) is 0 Å². The van der Waals surface area contributed by atoms with E-state index < -0.39 is 11.9 Å². The van der Waals surface area contributed by atoms with E-state index in [1.54, 1.807) is 13.8 Å². The zero-order chi connectivity index (χ0) is 21.9. The van der Waals surface area contributed by atoms with Gasteiger partial charge in [-0.05, 0) is 49.2 Å². The number of esters is 2. The number of benzene rings is 2. The molecule has 0 fully saturated rings. The summed E-state index contributed by atoms with van der Waals surface area (Å²) in [4.78, 5) is 23.0. The molecule has 30 heavy (non-hydrogen) atoms. The van der Waals surface area contributed by atoms with Gasteiger partial charge < -0.3 is 18.9 Å². The third-order valence-corrected chi connectivity index (χ3v) is 3.85. The zero-order valence-electron chi connectivity index (χ0n) is 17.3. The van der Waals surface area contributed by atoms with Gasteiger partial charge in [0.2, 0.25) is 0 Å². The molecule has 2 aromatic carbocycles. The minimum absolute atomic E-state index is 0.155.